The first-order chi connectivity index (χ1) is 7.50. The van der Waals surface area contributed by atoms with Crippen LogP contribution in [0.1, 0.15) is 28.6 Å². The number of carboxylic acids is 2. The van der Waals surface area contributed by atoms with Crippen LogP contribution in [0.25, 0.3) is 0 Å². The molecular formula is C10H13NO4S. The van der Waals surface area contributed by atoms with Crippen LogP contribution in [0.15, 0.2) is 12.1 Å². The highest BCUT2D eigenvalue weighted by Gasteiger charge is 2.16. The maximum Gasteiger partial charge on any atom is 0.325 e. The maximum atomic E-state index is 10.6. The minimum absolute atomic E-state index is 0.123. The minimum Gasteiger partial charge on any atom is -0.481 e. The number of aryl methyl sites for hydroxylation is 1. The van der Waals surface area contributed by atoms with E-state index in [9.17, 15) is 9.59 Å². The molecule has 1 atom stereocenters. The molecule has 0 saturated heterocycles. The molecule has 0 aliphatic carbocycles. The smallest absolute Gasteiger partial charge is 0.325 e. The van der Waals surface area contributed by atoms with Gasteiger partial charge in [0.1, 0.15) is 6.04 Å². The van der Waals surface area contributed by atoms with Crippen molar-refractivity contribution < 1.29 is 19.8 Å². The summed E-state index contributed by atoms with van der Waals surface area (Å²) >= 11 is 1.32. The number of aliphatic carboxylic acids is 2. The summed E-state index contributed by atoms with van der Waals surface area (Å²) in [7, 11) is 0. The van der Waals surface area contributed by atoms with Crippen LogP contribution in [0, 0.1) is 0 Å². The van der Waals surface area contributed by atoms with Crippen molar-refractivity contribution in [2.75, 3.05) is 0 Å². The number of hydrogen-bond acceptors (Lipinski definition) is 4. The summed E-state index contributed by atoms with van der Waals surface area (Å²) in [4.78, 5) is 22.5. The molecule has 0 aliphatic heterocycles. The van der Waals surface area contributed by atoms with E-state index in [0.29, 0.717) is 17.7 Å². The summed E-state index contributed by atoms with van der Waals surface area (Å²) in [6, 6.07) is 2.49. The van der Waals surface area contributed by atoms with Crippen molar-refractivity contribution in [3.63, 3.8) is 0 Å². The predicted molar refractivity (Wildman–Crippen MR) is 59.5 cm³/mol. The van der Waals surface area contributed by atoms with Gasteiger partial charge in [0.05, 0.1) is 0 Å². The third-order valence-electron chi connectivity index (χ3n) is 2.07. The van der Waals surface area contributed by atoms with Gasteiger partial charge in [-0.2, -0.15) is 0 Å². The summed E-state index contributed by atoms with van der Waals surface area (Å²) in [6.07, 6.45) is 1.32. The summed E-state index contributed by atoms with van der Waals surface area (Å²) in [5, 5.41) is 17.2. The lowest BCUT2D eigenvalue weighted by Gasteiger charge is -2.01. The van der Waals surface area contributed by atoms with E-state index < -0.39 is 18.0 Å². The van der Waals surface area contributed by atoms with Crippen molar-refractivity contribution in [3.05, 3.63) is 21.9 Å². The van der Waals surface area contributed by atoms with E-state index in [1.807, 2.05) is 0 Å². The monoisotopic (exact) mass is 243 g/mol. The van der Waals surface area contributed by atoms with E-state index >= 15 is 0 Å². The zero-order valence-electron chi connectivity index (χ0n) is 8.55. The Morgan fingerprint density at radius 1 is 1.38 bits per heavy atom. The fourth-order valence-corrected chi connectivity index (χ4v) is 2.28. The molecule has 0 saturated carbocycles. The topological polar surface area (TPSA) is 101 Å². The van der Waals surface area contributed by atoms with Crippen molar-refractivity contribution in [1.82, 2.24) is 0 Å². The van der Waals surface area contributed by atoms with Gasteiger partial charge in [-0.15, -0.1) is 11.3 Å². The summed E-state index contributed by atoms with van der Waals surface area (Å²) < 4.78 is 0. The van der Waals surface area contributed by atoms with Crippen molar-refractivity contribution in [3.8, 4) is 0 Å². The quantitative estimate of drug-likeness (QED) is 0.697. The molecule has 0 amide bonds. The normalized spacial score (nSPS) is 12.3. The molecule has 6 heteroatoms. The first-order valence-electron chi connectivity index (χ1n) is 4.79. The Morgan fingerprint density at radius 3 is 2.62 bits per heavy atom. The lowest BCUT2D eigenvalue weighted by Crippen LogP contribution is -2.19. The molecule has 0 radical (unpaired) electrons. The summed E-state index contributed by atoms with van der Waals surface area (Å²) in [5.41, 5.74) is 5.44. The fourth-order valence-electron chi connectivity index (χ4n) is 1.23. The number of carboxylic acid groups (broad SMARTS) is 2. The van der Waals surface area contributed by atoms with Crippen molar-refractivity contribution >= 4 is 23.3 Å². The number of nitrogens with two attached hydrogens (primary N) is 1. The minimum atomic E-state index is -1.06. The van der Waals surface area contributed by atoms with Crippen molar-refractivity contribution in [2.24, 2.45) is 5.73 Å². The second-order valence-corrected chi connectivity index (χ2v) is 4.57. The van der Waals surface area contributed by atoms with Crippen LogP contribution >= 0.6 is 11.3 Å². The number of thiophene rings is 1. The zero-order chi connectivity index (χ0) is 12.1. The van der Waals surface area contributed by atoms with Crippen LogP contribution < -0.4 is 5.73 Å². The Morgan fingerprint density at radius 2 is 2.06 bits per heavy atom. The van der Waals surface area contributed by atoms with Crippen LogP contribution in [0.5, 0.6) is 0 Å². The molecule has 16 heavy (non-hydrogen) atoms. The number of hydrogen-bond donors (Lipinski definition) is 3. The Labute approximate surface area is 96.5 Å². The SMILES string of the molecule is NC(C(=O)O)c1ccc(CCCC(=O)O)s1. The average Bonchev–Trinajstić information content (AvgIpc) is 2.64. The number of carbonyl (C=O) groups is 2. The standard InChI is InChI=1S/C10H13NO4S/c11-9(10(14)15)7-5-4-6(16-7)2-1-3-8(12)13/h4-5,9H,1-3,11H2,(H,12,13)(H,14,15). The summed E-state index contributed by atoms with van der Waals surface area (Å²) in [6.45, 7) is 0. The maximum absolute atomic E-state index is 10.6. The second-order valence-electron chi connectivity index (χ2n) is 3.37. The molecule has 0 aromatic carbocycles. The van der Waals surface area contributed by atoms with Crippen molar-refractivity contribution in [2.45, 2.75) is 25.3 Å². The highest BCUT2D eigenvalue weighted by atomic mass is 32.1. The Balaban J connectivity index is 2.51. The van der Waals surface area contributed by atoms with Gasteiger partial charge in [-0.1, -0.05) is 0 Å². The van der Waals surface area contributed by atoms with Crippen LogP contribution in [-0.4, -0.2) is 22.2 Å². The third-order valence-corrected chi connectivity index (χ3v) is 3.30. The van der Waals surface area contributed by atoms with Gasteiger partial charge in [0, 0.05) is 16.2 Å². The Bertz CT molecular complexity index is 388. The lowest BCUT2D eigenvalue weighted by molar-refractivity contribution is -0.139. The van der Waals surface area contributed by atoms with E-state index in [1.54, 1.807) is 12.1 Å². The van der Waals surface area contributed by atoms with E-state index in [4.69, 9.17) is 15.9 Å². The fraction of sp³-hybridized carbons (Fsp3) is 0.400. The first-order valence-corrected chi connectivity index (χ1v) is 5.61. The van der Waals surface area contributed by atoms with Gasteiger partial charge in [-0.05, 0) is 25.0 Å². The first kappa shape index (κ1) is 12.7. The average molecular weight is 243 g/mol. The molecule has 1 heterocycles. The highest BCUT2D eigenvalue weighted by Crippen LogP contribution is 2.23. The van der Waals surface area contributed by atoms with Gasteiger partial charge in [0.2, 0.25) is 0 Å². The molecule has 4 N–H and O–H groups in total. The van der Waals surface area contributed by atoms with Gasteiger partial charge in [-0.25, -0.2) is 0 Å². The predicted octanol–water partition coefficient (Wildman–Crippen LogP) is 1.24. The molecule has 1 aromatic rings. The molecule has 88 valence electrons. The molecule has 1 unspecified atom stereocenters. The molecule has 5 nitrogen and oxygen atoms in total. The van der Waals surface area contributed by atoms with E-state index in [-0.39, 0.29) is 6.42 Å². The van der Waals surface area contributed by atoms with Gasteiger partial charge in [-0.3, -0.25) is 9.59 Å². The third kappa shape index (κ3) is 3.63. The Kier molecular flexibility index (Phi) is 4.45. The van der Waals surface area contributed by atoms with E-state index in [2.05, 4.69) is 0 Å². The van der Waals surface area contributed by atoms with Crippen LogP contribution in [0.2, 0.25) is 0 Å². The van der Waals surface area contributed by atoms with Crippen LogP contribution in [-0.2, 0) is 16.0 Å². The second kappa shape index (κ2) is 5.62. The van der Waals surface area contributed by atoms with Crippen molar-refractivity contribution in [1.29, 1.82) is 0 Å². The molecule has 0 fully saturated rings. The Hall–Kier alpha value is -1.40. The molecule has 0 aliphatic rings. The van der Waals surface area contributed by atoms with Crippen LogP contribution in [0.3, 0.4) is 0 Å². The van der Waals surface area contributed by atoms with Gasteiger partial charge in [0.15, 0.2) is 0 Å². The van der Waals surface area contributed by atoms with Gasteiger partial charge >= 0.3 is 11.9 Å². The van der Waals surface area contributed by atoms with Crippen LogP contribution in [0.4, 0.5) is 0 Å². The van der Waals surface area contributed by atoms with E-state index in [1.165, 1.54) is 11.3 Å². The largest absolute Gasteiger partial charge is 0.481 e. The zero-order valence-corrected chi connectivity index (χ0v) is 9.37. The molecule has 1 rings (SSSR count). The van der Waals surface area contributed by atoms with Gasteiger partial charge in [0.25, 0.3) is 0 Å². The van der Waals surface area contributed by atoms with E-state index in [0.717, 1.165) is 4.88 Å². The molecule has 0 bridgehead atoms. The van der Waals surface area contributed by atoms with Gasteiger partial charge < -0.3 is 15.9 Å². The highest BCUT2D eigenvalue weighted by molar-refractivity contribution is 7.12. The molecule has 0 spiro atoms. The lowest BCUT2D eigenvalue weighted by atomic mass is 10.2. The summed E-state index contributed by atoms with van der Waals surface area (Å²) in [5.74, 6) is -1.88. The number of rotatable bonds is 6. The molecule has 1 aromatic heterocycles. The molecular weight excluding hydrogens is 230 g/mol.